The second-order valence-corrected chi connectivity index (χ2v) is 7.14. The smallest absolute Gasteiger partial charge is 0.406 e. The van der Waals surface area contributed by atoms with Crippen LogP contribution in [0.25, 0.3) is 10.9 Å². The predicted octanol–water partition coefficient (Wildman–Crippen LogP) is 3.64. The van der Waals surface area contributed by atoms with Crippen LogP contribution in [0.2, 0.25) is 0 Å². The third-order valence-corrected chi connectivity index (χ3v) is 5.50. The number of likely N-dealkylation sites (N-methyl/N-ethyl adjacent to an activating group) is 1. The summed E-state index contributed by atoms with van der Waals surface area (Å²) in [5.41, 5.74) is 0.754. The van der Waals surface area contributed by atoms with Gasteiger partial charge in [-0.2, -0.15) is 0 Å². The van der Waals surface area contributed by atoms with E-state index < -0.39 is 29.6 Å². The maximum atomic E-state index is 13.4. The number of ether oxygens (including phenoxy) is 1. The van der Waals surface area contributed by atoms with Gasteiger partial charge in [-0.3, -0.25) is 9.36 Å². The number of rotatable bonds is 1. The highest BCUT2D eigenvalue weighted by atomic mass is 19.4. The van der Waals surface area contributed by atoms with Crippen LogP contribution in [-0.2, 0) is 10.3 Å². The summed E-state index contributed by atoms with van der Waals surface area (Å²) in [6.45, 7) is 1.77. The zero-order chi connectivity index (χ0) is 20.7. The number of nitrogens with one attached hydrogen (secondary N) is 1. The lowest BCUT2D eigenvalue weighted by Gasteiger charge is -2.35. The maximum absolute atomic E-state index is 13.4. The van der Waals surface area contributed by atoms with Crippen LogP contribution in [-0.4, -0.2) is 29.9 Å². The summed E-state index contributed by atoms with van der Waals surface area (Å²) >= 11 is 0. The maximum Gasteiger partial charge on any atom is 0.573 e. The second kappa shape index (κ2) is 5.31. The first-order chi connectivity index (χ1) is 13.6. The molecular weight excluding hydrogens is 387 g/mol. The fourth-order valence-corrected chi connectivity index (χ4v) is 4.40. The average molecular weight is 401 g/mol. The lowest BCUT2D eigenvalue weighted by atomic mass is 9.81. The number of anilines is 1. The number of nitrogens with zero attached hydrogens (tertiary/aromatic N) is 2. The third kappa shape index (κ3) is 2.18. The van der Waals surface area contributed by atoms with Crippen LogP contribution < -0.4 is 15.0 Å². The molecule has 1 atom stereocenters. The molecule has 3 heterocycles. The zero-order valence-electron chi connectivity index (χ0n) is 15.3. The number of halogens is 3. The molecule has 1 spiro atoms. The molecule has 0 radical (unpaired) electrons. The van der Waals surface area contributed by atoms with Crippen LogP contribution in [0.5, 0.6) is 5.75 Å². The minimum Gasteiger partial charge on any atom is -0.406 e. The standard InChI is InChI=1S/C20H14F3N3O3/c1-10-8-11-4-3-5-13-16(11)26(10)18(28)24-19(13)14-9-12(29-20(21,22)23)6-7-15(14)25(2)17(19)27/h3-9H,1-2H3,(H,24,28). The van der Waals surface area contributed by atoms with Gasteiger partial charge in [0, 0.05) is 29.3 Å². The number of aromatic nitrogens is 1. The molecule has 0 aliphatic carbocycles. The van der Waals surface area contributed by atoms with E-state index in [1.807, 2.05) is 12.1 Å². The summed E-state index contributed by atoms with van der Waals surface area (Å²) in [4.78, 5) is 27.7. The fraction of sp³-hybridized carbons (Fsp3) is 0.200. The molecule has 5 rings (SSSR count). The largest absolute Gasteiger partial charge is 0.573 e. The lowest BCUT2D eigenvalue weighted by molar-refractivity contribution is -0.274. The monoisotopic (exact) mass is 401 g/mol. The van der Waals surface area contributed by atoms with Crippen molar-refractivity contribution in [2.75, 3.05) is 11.9 Å². The Morgan fingerprint density at radius 1 is 1.07 bits per heavy atom. The molecule has 0 bridgehead atoms. The van der Waals surface area contributed by atoms with Gasteiger partial charge in [0.2, 0.25) is 0 Å². The van der Waals surface area contributed by atoms with E-state index in [4.69, 9.17) is 0 Å². The number of hydrogen-bond donors (Lipinski definition) is 1. The van der Waals surface area contributed by atoms with Crippen molar-refractivity contribution in [3.8, 4) is 5.75 Å². The van der Waals surface area contributed by atoms with Crippen molar-refractivity contribution in [1.29, 1.82) is 0 Å². The summed E-state index contributed by atoms with van der Waals surface area (Å²) < 4.78 is 43.8. The van der Waals surface area contributed by atoms with E-state index in [2.05, 4.69) is 10.1 Å². The van der Waals surface area contributed by atoms with Crippen LogP contribution in [0.1, 0.15) is 16.8 Å². The zero-order valence-corrected chi connectivity index (χ0v) is 15.3. The van der Waals surface area contributed by atoms with E-state index in [0.717, 1.165) is 17.5 Å². The van der Waals surface area contributed by atoms with Gasteiger partial charge in [-0.15, -0.1) is 13.2 Å². The van der Waals surface area contributed by atoms with Crippen molar-refractivity contribution in [3.63, 3.8) is 0 Å². The van der Waals surface area contributed by atoms with E-state index in [1.54, 1.807) is 19.1 Å². The highest BCUT2D eigenvalue weighted by Crippen LogP contribution is 2.49. The predicted molar refractivity (Wildman–Crippen MR) is 97.9 cm³/mol. The first-order valence-corrected chi connectivity index (χ1v) is 8.76. The highest BCUT2D eigenvalue weighted by molar-refractivity contribution is 6.15. The molecule has 9 heteroatoms. The van der Waals surface area contributed by atoms with E-state index in [1.165, 1.54) is 22.6 Å². The molecule has 0 saturated carbocycles. The topological polar surface area (TPSA) is 63.6 Å². The number of alkyl halides is 3. The van der Waals surface area contributed by atoms with E-state index >= 15 is 0 Å². The Bertz CT molecular complexity index is 1230. The minimum atomic E-state index is -4.88. The van der Waals surface area contributed by atoms with E-state index in [9.17, 15) is 22.8 Å². The van der Waals surface area contributed by atoms with Gasteiger partial charge in [-0.05, 0) is 31.2 Å². The van der Waals surface area contributed by atoms with Crippen LogP contribution in [0.4, 0.5) is 23.7 Å². The van der Waals surface area contributed by atoms with Gasteiger partial charge >= 0.3 is 12.4 Å². The summed E-state index contributed by atoms with van der Waals surface area (Å²) in [6, 6.07) is 10.3. The highest BCUT2D eigenvalue weighted by Gasteiger charge is 2.56. The molecule has 2 aliphatic rings. The van der Waals surface area contributed by atoms with Crippen molar-refractivity contribution in [2.45, 2.75) is 18.8 Å². The average Bonchev–Trinajstić information content (AvgIpc) is 3.08. The molecule has 148 valence electrons. The van der Waals surface area contributed by atoms with E-state index in [0.29, 0.717) is 22.5 Å². The number of carbonyl (C=O) groups is 2. The Kier molecular flexibility index (Phi) is 3.22. The molecule has 2 amide bonds. The van der Waals surface area contributed by atoms with Gasteiger partial charge in [0.1, 0.15) is 5.75 Å². The van der Waals surface area contributed by atoms with Gasteiger partial charge in [0.05, 0.1) is 11.2 Å². The van der Waals surface area contributed by atoms with Gasteiger partial charge in [0.15, 0.2) is 5.54 Å². The SMILES string of the molecule is Cc1cc2cccc3c2n1C(=O)NC31C(=O)N(C)c2ccc(OC(F)(F)F)cc21. The van der Waals surface area contributed by atoms with Crippen LogP contribution in [0.15, 0.2) is 42.5 Å². The third-order valence-electron chi connectivity index (χ3n) is 5.50. The Morgan fingerprint density at radius 3 is 2.55 bits per heavy atom. The normalized spacial score (nSPS) is 20.4. The molecule has 1 unspecified atom stereocenters. The van der Waals surface area contributed by atoms with Gasteiger partial charge in [-0.25, -0.2) is 4.79 Å². The Labute approximate surface area is 162 Å². The number of hydrogen-bond acceptors (Lipinski definition) is 3. The fourth-order valence-electron chi connectivity index (χ4n) is 4.40. The van der Waals surface area contributed by atoms with Gasteiger partial charge in [-0.1, -0.05) is 18.2 Å². The first kappa shape index (κ1) is 17.6. The summed E-state index contributed by atoms with van der Waals surface area (Å²) in [6.07, 6.45) is -4.88. The van der Waals surface area contributed by atoms with Crippen LogP contribution in [0.3, 0.4) is 0 Å². The van der Waals surface area contributed by atoms with Gasteiger partial charge in [0.25, 0.3) is 5.91 Å². The number of para-hydroxylation sites is 1. The van der Waals surface area contributed by atoms with Crippen LogP contribution in [0, 0.1) is 6.92 Å². The first-order valence-electron chi connectivity index (χ1n) is 8.76. The van der Waals surface area contributed by atoms with Crippen molar-refractivity contribution in [3.05, 3.63) is 59.3 Å². The molecule has 0 saturated heterocycles. The quantitative estimate of drug-likeness (QED) is 0.677. The molecule has 2 aromatic carbocycles. The molecule has 29 heavy (non-hydrogen) atoms. The van der Waals surface area contributed by atoms with Crippen molar-refractivity contribution in [1.82, 2.24) is 9.88 Å². The molecule has 1 N–H and O–H groups in total. The second-order valence-electron chi connectivity index (χ2n) is 7.14. The van der Waals surface area contributed by atoms with Crippen molar-refractivity contribution < 1.29 is 27.5 Å². The van der Waals surface area contributed by atoms with Gasteiger partial charge < -0.3 is 15.0 Å². The Balaban J connectivity index is 1.83. The number of amides is 2. The summed E-state index contributed by atoms with van der Waals surface area (Å²) in [5.74, 6) is -0.917. The van der Waals surface area contributed by atoms with Crippen molar-refractivity contribution >= 4 is 28.5 Å². The number of benzene rings is 2. The molecule has 3 aromatic rings. The number of fused-ring (bicyclic) bond motifs is 3. The molecular formula is C20H14F3N3O3. The summed E-state index contributed by atoms with van der Waals surface area (Å²) in [7, 11) is 1.52. The molecule has 6 nitrogen and oxygen atoms in total. The number of carbonyl (C=O) groups excluding carboxylic acids is 2. The number of aryl methyl sites for hydroxylation is 1. The Hall–Kier alpha value is -3.49. The lowest BCUT2D eigenvalue weighted by Crippen LogP contribution is -2.57. The van der Waals surface area contributed by atoms with Crippen LogP contribution >= 0.6 is 0 Å². The minimum absolute atomic E-state index is 0.234. The van der Waals surface area contributed by atoms with Crippen molar-refractivity contribution in [2.24, 2.45) is 0 Å². The van der Waals surface area contributed by atoms with E-state index in [-0.39, 0.29) is 5.56 Å². The summed E-state index contributed by atoms with van der Waals surface area (Å²) in [5, 5.41) is 3.52. The molecule has 2 aliphatic heterocycles. The molecule has 0 fully saturated rings. The Morgan fingerprint density at radius 2 is 1.83 bits per heavy atom. The molecule has 1 aromatic heterocycles.